The largest absolute Gasteiger partial charge is 0.466 e. The van der Waals surface area contributed by atoms with Crippen LogP contribution >= 0.6 is 0 Å². The number of esters is 1. The molecule has 3 heteroatoms. The summed E-state index contributed by atoms with van der Waals surface area (Å²) in [6, 6.07) is 8.20. The average Bonchev–Trinajstić information content (AvgIpc) is 2.51. The molecule has 0 unspecified atom stereocenters. The van der Waals surface area contributed by atoms with Crippen LogP contribution in [0.15, 0.2) is 30.3 Å². The Morgan fingerprint density at radius 3 is 2.41 bits per heavy atom. The summed E-state index contributed by atoms with van der Waals surface area (Å²) in [4.78, 5) is 22.8. The van der Waals surface area contributed by atoms with Gasteiger partial charge in [-0.3, -0.25) is 9.59 Å². The Morgan fingerprint density at radius 1 is 1.05 bits per heavy atom. The molecule has 1 aromatic rings. The second-order valence-corrected chi connectivity index (χ2v) is 5.33. The second kappa shape index (κ2) is 10.8. The van der Waals surface area contributed by atoms with Gasteiger partial charge in [0.05, 0.1) is 6.61 Å². The summed E-state index contributed by atoms with van der Waals surface area (Å²) in [5.74, 6) is -0.707. The van der Waals surface area contributed by atoms with Crippen molar-refractivity contribution in [3.05, 3.63) is 41.5 Å². The summed E-state index contributed by atoms with van der Waals surface area (Å²) in [5, 5.41) is 0. The van der Waals surface area contributed by atoms with Crippen molar-refractivity contribution in [3.63, 3.8) is 0 Å². The first-order valence-electron chi connectivity index (χ1n) is 8.11. The van der Waals surface area contributed by atoms with Crippen molar-refractivity contribution in [2.75, 3.05) is 6.61 Å². The maximum Gasteiger partial charge on any atom is 0.313 e. The van der Waals surface area contributed by atoms with Crippen LogP contribution < -0.4 is 0 Å². The number of ether oxygens (including phenoxy) is 1. The van der Waals surface area contributed by atoms with E-state index in [2.05, 4.69) is 19.1 Å². The molecule has 0 atom stereocenters. The van der Waals surface area contributed by atoms with Crippen molar-refractivity contribution in [2.45, 2.75) is 52.4 Å². The minimum Gasteiger partial charge on any atom is -0.466 e. The van der Waals surface area contributed by atoms with Crippen LogP contribution in [0.1, 0.15) is 57.1 Å². The fourth-order valence-electron chi connectivity index (χ4n) is 2.15. The molecule has 0 amide bonds. The smallest absolute Gasteiger partial charge is 0.313 e. The van der Waals surface area contributed by atoms with Crippen molar-refractivity contribution in [3.8, 4) is 0 Å². The molecule has 120 valence electrons. The van der Waals surface area contributed by atoms with Gasteiger partial charge in [0.25, 0.3) is 0 Å². The Bertz CT molecular complexity index is 486. The summed E-state index contributed by atoms with van der Waals surface area (Å²) in [6.45, 7) is 4.24. The molecule has 22 heavy (non-hydrogen) atoms. The van der Waals surface area contributed by atoms with E-state index in [1.807, 2.05) is 12.1 Å². The molecular weight excluding hydrogens is 276 g/mol. The van der Waals surface area contributed by atoms with Gasteiger partial charge in [-0.1, -0.05) is 56.5 Å². The molecular formula is C19H26O3. The van der Waals surface area contributed by atoms with Gasteiger partial charge in [0, 0.05) is 0 Å². The molecule has 3 nitrogen and oxygen atoms in total. The zero-order valence-corrected chi connectivity index (χ0v) is 13.6. The van der Waals surface area contributed by atoms with Crippen molar-refractivity contribution in [1.82, 2.24) is 0 Å². The van der Waals surface area contributed by atoms with E-state index in [0.29, 0.717) is 6.61 Å². The van der Waals surface area contributed by atoms with E-state index in [9.17, 15) is 9.59 Å². The van der Waals surface area contributed by atoms with Gasteiger partial charge in [-0.25, -0.2) is 0 Å². The lowest BCUT2D eigenvalue weighted by molar-refractivity contribution is -0.144. The molecule has 0 saturated heterocycles. The number of hydrogen-bond donors (Lipinski definition) is 0. The van der Waals surface area contributed by atoms with E-state index in [-0.39, 0.29) is 12.2 Å². The number of benzene rings is 1. The maximum atomic E-state index is 11.6. The number of rotatable bonds is 10. The van der Waals surface area contributed by atoms with Gasteiger partial charge in [0.2, 0.25) is 0 Å². The van der Waals surface area contributed by atoms with Crippen LogP contribution in [0.3, 0.4) is 0 Å². The predicted molar refractivity (Wildman–Crippen MR) is 89.6 cm³/mol. The fraction of sp³-hybridized carbons (Fsp3) is 0.474. The van der Waals surface area contributed by atoms with Gasteiger partial charge in [0.1, 0.15) is 6.42 Å². The van der Waals surface area contributed by atoms with Gasteiger partial charge in [0.15, 0.2) is 5.78 Å². The SMILES string of the molecule is CCCCCCc1ccc(C=CC(=O)CC(=O)OCC)cc1. The Balaban J connectivity index is 2.41. The van der Waals surface area contributed by atoms with Crippen LogP contribution in [0.5, 0.6) is 0 Å². The number of carbonyl (C=O) groups is 2. The molecule has 1 rings (SSSR count). The predicted octanol–water partition coefficient (Wildman–Crippen LogP) is 4.34. The molecule has 0 bridgehead atoms. The third-order valence-electron chi connectivity index (χ3n) is 3.38. The molecule has 0 saturated carbocycles. The van der Waals surface area contributed by atoms with E-state index < -0.39 is 5.97 Å². The minimum atomic E-state index is -0.473. The maximum absolute atomic E-state index is 11.6. The molecule has 0 fully saturated rings. The minimum absolute atomic E-state index is 0.195. The summed E-state index contributed by atoms with van der Waals surface area (Å²) in [5.41, 5.74) is 2.29. The van der Waals surface area contributed by atoms with Gasteiger partial charge < -0.3 is 4.74 Å². The lowest BCUT2D eigenvalue weighted by atomic mass is 10.0. The van der Waals surface area contributed by atoms with E-state index >= 15 is 0 Å². The average molecular weight is 302 g/mol. The quantitative estimate of drug-likeness (QED) is 0.279. The summed E-state index contributed by atoms with van der Waals surface area (Å²) in [6.07, 6.45) is 9.13. The van der Waals surface area contributed by atoms with Crippen LogP contribution in [0.2, 0.25) is 0 Å². The number of unbranched alkanes of at least 4 members (excludes halogenated alkanes) is 3. The van der Waals surface area contributed by atoms with Crippen molar-refractivity contribution in [1.29, 1.82) is 0 Å². The number of hydrogen-bond acceptors (Lipinski definition) is 3. The molecule has 0 spiro atoms. The van der Waals surface area contributed by atoms with Crippen molar-refractivity contribution in [2.24, 2.45) is 0 Å². The highest BCUT2D eigenvalue weighted by Gasteiger charge is 2.06. The van der Waals surface area contributed by atoms with Gasteiger partial charge >= 0.3 is 5.97 Å². The molecule has 0 heterocycles. The van der Waals surface area contributed by atoms with Gasteiger partial charge in [-0.15, -0.1) is 0 Å². The van der Waals surface area contributed by atoms with E-state index in [4.69, 9.17) is 4.74 Å². The monoisotopic (exact) mass is 302 g/mol. The Labute approximate surface area is 133 Å². The Kier molecular flexibility index (Phi) is 8.89. The Hall–Kier alpha value is -1.90. The first-order chi connectivity index (χ1) is 10.7. The summed E-state index contributed by atoms with van der Waals surface area (Å²) < 4.78 is 4.74. The van der Waals surface area contributed by atoms with Crippen LogP contribution in [-0.4, -0.2) is 18.4 Å². The highest BCUT2D eigenvalue weighted by Crippen LogP contribution is 2.11. The summed E-state index contributed by atoms with van der Waals surface area (Å²) >= 11 is 0. The fourth-order valence-corrected chi connectivity index (χ4v) is 2.15. The van der Waals surface area contributed by atoms with E-state index in [0.717, 1.165) is 12.0 Å². The molecule has 0 aliphatic carbocycles. The lowest BCUT2D eigenvalue weighted by Gasteiger charge is -2.02. The van der Waals surface area contributed by atoms with Crippen molar-refractivity contribution < 1.29 is 14.3 Å². The van der Waals surface area contributed by atoms with Crippen LogP contribution in [-0.2, 0) is 20.7 Å². The number of ketones is 1. The van der Waals surface area contributed by atoms with E-state index in [1.54, 1.807) is 13.0 Å². The third-order valence-corrected chi connectivity index (χ3v) is 3.38. The topological polar surface area (TPSA) is 43.4 Å². The molecule has 0 radical (unpaired) electrons. The first kappa shape index (κ1) is 18.1. The highest BCUT2D eigenvalue weighted by atomic mass is 16.5. The molecule has 0 aliphatic rings. The number of allylic oxidation sites excluding steroid dienone is 1. The third kappa shape index (κ3) is 7.77. The van der Waals surface area contributed by atoms with E-state index in [1.165, 1.54) is 37.3 Å². The highest BCUT2D eigenvalue weighted by molar-refractivity contribution is 6.03. The van der Waals surface area contributed by atoms with Gasteiger partial charge in [-0.05, 0) is 37.0 Å². The van der Waals surface area contributed by atoms with Crippen LogP contribution in [0.25, 0.3) is 6.08 Å². The molecule has 1 aromatic carbocycles. The number of aryl methyl sites for hydroxylation is 1. The standard InChI is InChI=1S/C19H26O3/c1-3-5-6-7-8-16-9-11-17(12-10-16)13-14-18(20)15-19(21)22-4-2/h9-14H,3-8,15H2,1-2H3. The zero-order chi connectivity index (χ0) is 16.2. The normalized spacial score (nSPS) is 10.8. The van der Waals surface area contributed by atoms with Gasteiger partial charge in [-0.2, -0.15) is 0 Å². The lowest BCUT2D eigenvalue weighted by Crippen LogP contribution is -2.08. The van der Waals surface area contributed by atoms with Crippen LogP contribution in [0.4, 0.5) is 0 Å². The zero-order valence-electron chi connectivity index (χ0n) is 13.6. The van der Waals surface area contributed by atoms with Crippen molar-refractivity contribution >= 4 is 17.8 Å². The summed E-state index contributed by atoms with van der Waals surface area (Å²) in [7, 11) is 0. The second-order valence-electron chi connectivity index (χ2n) is 5.33. The first-order valence-corrected chi connectivity index (χ1v) is 8.11. The molecule has 0 N–H and O–H groups in total. The molecule has 0 aromatic heterocycles. The molecule has 0 aliphatic heterocycles. The number of carbonyl (C=O) groups excluding carboxylic acids is 2. The Morgan fingerprint density at radius 2 is 1.77 bits per heavy atom. The van der Waals surface area contributed by atoms with Crippen LogP contribution in [0, 0.1) is 0 Å².